The summed E-state index contributed by atoms with van der Waals surface area (Å²) in [5.74, 6) is 0.639. The summed E-state index contributed by atoms with van der Waals surface area (Å²) in [4.78, 5) is 23.1. The van der Waals surface area contributed by atoms with Crippen molar-refractivity contribution in [1.82, 2.24) is 15.0 Å². The topological polar surface area (TPSA) is 103 Å². The van der Waals surface area contributed by atoms with Crippen molar-refractivity contribution >= 4 is 11.5 Å². The van der Waals surface area contributed by atoms with Gasteiger partial charge in [-0.15, -0.1) is 0 Å². The number of aryl methyl sites for hydroxylation is 1. The number of nitrogens with one attached hydrogen (secondary N) is 1. The van der Waals surface area contributed by atoms with Gasteiger partial charge in [0.2, 0.25) is 5.82 Å². The summed E-state index contributed by atoms with van der Waals surface area (Å²) in [6.07, 6.45) is 3.91. The van der Waals surface area contributed by atoms with E-state index in [9.17, 15) is 10.1 Å². The zero-order valence-electron chi connectivity index (χ0n) is 12.4. The Bertz CT molecular complexity index is 648. The van der Waals surface area contributed by atoms with Crippen LogP contribution in [0.3, 0.4) is 0 Å². The summed E-state index contributed by atoms with van der Waals surface area (Å²) >= 11 is 0. The lowest BCUT2D eigenvalue weighted by atomic mass is 10.3. The number of nitrogens with zero attached hydrogens (tertiary/aromatic N) is 4. The highest BCUT2D eigenvalue weighted by Crippen LogP contribution is 2.32. The van der Waals surface area contributed by atoms with Crippen molar-refractivity contribution < 1.29 is 9.66 Å². The van der Waals surface area contributed by atoms with Crippen molar-refractivity contribution in [2.45, 2.75) is 26.8 Å². The molecule has 8 heteroatoms. The van der Waals surface area contributed by atoms with E-state index < -0.39 is 4.92 Å². The van der Waals surface area contributed by atoms with E-state index in [4.69, 9.17) is 4.74 Å². The number of hydrogen-bond donors (Lipinski definition) is 1. The summed E-state index contributed by atoms with van der Waals surface area (Å²) in [7, 11) is 0. The fourth-order valence-electron chi connectivity index (χ4n) is 1.85. The largest absolute Gasteiger partial charge is 0.473 e. The monoisotopic (exact) mass is 303 g/mol. The highest BCUT2D eigenvalue weighted by atomic mass is 16.6. The molecule has 0 saturated heterocycles. The van der Waals surface area contributed by atoms with Gasteiger partial charge in [-0.05, 0) is 18.6 Å². The normalized spacial score (nSPS) is 10.3. The number of hydrogen-bond acceptors (Lipinski definition) is 7. The van der Waals surface area contributed by atoms with E-state index in [1.165, 1.54) is 0 Å². The molecule has 116 valence electrons. The molecule has 0 aromatic carbocycles. The summed E-state index contributed by atoms with van der Waals surface area (Å²) in [6, 6.07) is 3.67. The van der Waals surface area contributed by atoms with Crippen LogP contribution in [0.15, 0.2) is 24.5 Å². The maximum Gasteiger partial charge on any atom is 0.372 e. The Kier molecular flexibility index (Phi) is 5.18. The summed E-state index contributed by atoms with van der Waals surface area (Å²) < 4.78 is 5.29. The Morgan fingerprint density at radius 3 is 2.77 bits per heavy atom. The standard InChI is InChI=1S/C14H17N5O3/c1-3-11-17-13(16-9-10-6-5-7-15-8-10)12(19(20)21)14(18-11)22-4-2/h5-8H,3-4,9H2,1-2H3,(H,16,17,18). The molecule has 0 radical (unpaired) electrons. The molecule has 0 spiro atoms. The second-order valence-electron chi connectivity index (χ2n) is 4.40. The SMILES string of the molecule is CCOc1nc(CC)nc(NCc2cccnc2)c1[N+](=O)[O-]. The predicted molar refractivity (Wildman–Crippen MR) is 80.8 cm³/mol. The van der Waals surface area contributed by atoms with Crippen LogP contribution in [-0.2, 0) is 13.0 Å². The molecular formula is C14H17N5O3. The van der Waals surface area contributed by atoms with E-state index in [0.717, 1.165) is 5.56 Å². The lowest BCUT2D eigenvalue weighted by Crippen LogP contribution is -2.10. The molecule has 0 bridgehead atoms. The zero-order chi connectivity index (χ0) is 15.9. The zero-order valence-corrected chi connectivity index (χ0v) is 12.4. The van der Waals surface area contributed by atoms with E-state index in [-0.39, 0.29) is 17.4 Å². The molecule has 0 atom stereocenters. The van der Waals surface area contributed by atoms with E-state index in [2.05, 4.69) is 20.3 Å². The molecule has 1 N–H and O–H groups in total. The van der Waals surface area contributed by atoms with Crippen LogP contribution in [-0.4, -0.2) is 26.5 Å². The van der Waals surface area contributed by atoms with Gasteiger partial charge in [0.1, 0.15) is 5.82 Å². The van der Waals surface area contributed by atoms with Crippen molar-refractivity contribution in [3.8, 4) is 5.88 Å². The number of aromatic nitrogens is 3. The van der Waals surface area contributed by atoms with E-state index in [0.29, 0.717) is 25.4 Å². The second-order valence-corrected chi connectivity index (χ2v) is 4.40. The third-order valence-electron chi connectivity index (χ3n) is 2.86. The quantitative estimate of drug-likeness (QED) is 0.618. The average Bonchev–Trinajstić information content (AvgIpc) is 2.53. The molecule has 0 aliphatic rings. The van der Waals surface area contributed by atoms with E-state index in [1.807, 2.05) is 13.0 Å². The van der Waals surface area contributed by atoms with Gasteiger partial charge in [0.15, 0.2) is 0 Å². The van der Waals surface area contributed by atoms with E-state index >= 15 is 0 Å². The van der Waals surface area contributed by atoms with Gasteiger partial charge in [-0.1, -0.05) is 13.0 Å². The first-order chi connectivity index (χ1) is 10.7. The van der Waals surface area contributed by atoms with Gasteiger partial charge >= 0.3 is 5.69 Å². The van der Waals surface area contributed by atoms with Gasteiger partial charge in [-0.3, -0.25) is 15.1 Å². The minimum atomic E-state index is -0.532. The van der Waals surface area contributed by atoms with Gasteiger partial charge in [-0.25, -0.2) is 4.98 Å². The fourth-order valence-corrected chi connectivity index (χ4v) is 1.85. The van der Waals surface area contributed by atoms with Crippen LogP contribution >= 0.6 is 0 Å². The molecule has 2 rings (SSSR count). The van der Waals surface area contributed by atoms with Crippen LogP contribution in [0, 0.1) is 10.1 Å². The molecule has 2 aromatic heterocycles. The molecule has 2 aromatic rings. The fraction of sp³-hybridized carbons (Fsp3) is 0.357. The molecule has 22 heavy (non-hydrogen) atoms. The average molecular weight is 303 g/mol. The molecule has 8 nitrogen and oxygen atoms in total. The smallest absolute Gasteiger partial charge is 0.372 e. The van der Waals surface area contributed by atoms with Gasteiger partial charge in [-0.2, -0.15) is 4.98 Å². The van der Waals surface area contributed by atoms with Crippen LogP contribution in [0.5, 0.6) is 5.88 Å². The highest BCUT2D eigenvalue weighted by molar-refractivity contribution is 5.61. The molecule has 0 saturated carbocycles. The lowest BCUT2D eigenvalue weighted by Gasteiger charge is -2.10. The van der Waals surface area contributed by atoms with Crippen molar-refractivity contribution in [3.05, 3.63) is 46.0 Å². The first-order valence-corrected chi connectivity index (χ1v) is 6.96. The van der Waals surface area contributed by atoms with Crippen LogP contribution in [0.25, 0.3) is 0 Å². The molecule has 0 aliphatic carbocycles. The first kappa shape index (κ1) is 15.6. The van der Waals surface area contributed by atoms with Crippen LogP contribution in [0.4, 0.5) is 11.5 Å². The van der Waals surface area contributed by atoms with Gasteiger partial charge < -0.3 is 10.1 Å². The summed E-state index contributed by atoms with van der Waals surface area (Å²) in [5, 5.41) is 14.3. The minimum absolute atomic E-state index is 0.00645. The predicted octanol–water partition coefficient (Wildman–Crippen LogP) is 2.35. The maximum atomic E-state index is 11.3. The number of ether oxygens (including phenoxy) is 1. The Morgan fingerprint density at radius 2 is 2.18 bits per heavy atom. The number of anilines is 1. The molecule has 0 amide bonds. The molecule has 2 heterocycles. The van der Waals surface area contributed by atoms with Crippen molar-refractivity contribution in [3.63, 3.8) is 0 Å². The molecule has 0 fully saturated rings. The van der Waals surface area contributed by atoms with Gasteiger partial charge in [0.25, 0.3) is 5.88 Å². The summed E-state index contributed by atoms with van der Waals surface area (Å²) in [5.41, 5.74) is 0.648. The van der Waals surface area contributed by atoms with E-state index in [1.54, 1.807) is 25.4 Å². The van der Waals surface area contributed by atoms with Crippen LogP contribution in [0.2, 0.25) is 0 Å². The Morgan fingerprint density at radius 1 is 1.36 bits per heavy atom. The lowest BCUT2D eigenvalue weighted by molar-refractivity contribution is -0.385. The number of pyridine rings is 1. The molecule has 0 aliphatic heterocycles. The Hall–Kier alpha value is -2.77. The highest BCUT2D eigenvalue weighted by Gasteiger charge is 2.25. The molecule has 0 unspecified atom stereocenters. The summed E-state index contributed by atoms with van der Waals surface area (Å²) in [6.45, 7) is 4.30. The van der Waals surface area contributed by atoms with Crippen molar-refractivity contribution in [2.75, 3.05) is 11.9 Å². The second kappa shape index (κ2) is 7.30. The Labute approximate surface area is 127 Å². The third-order valence-corrected chi connectivity index (χ3v) is 2.86. The number of rotatable bonds is 7. The van der Waals surface area contributed by atoms with Crippen molar-refractivity contribution in [1.29, 1.82) is 0 Å². The van der Waals surface area contributed by atoms with Crippen LogP contribution in [0.1, 0.15) is 25.2 Å². The van der Waals surface area contributed by atoms with Crippen molar-refractivity contribution in [2.24, 2.45) is 0 Å². The Balaban J connectivity index is 2.34. The van der Waals surface area contributed by atoms with Gasteiger partial charge in [0, 0.05) is 25.4 Å². The minimum Gasteiger partial charge on any atom is -0.473 e. The van der Waals surface area contributed by atoms with Gasteiger partial charge in [0.05, 0.1) is 11.5 Å². The maximum absolute atomic E-state index is 11.3. The molecular weight excluding hydrogens is 286 g/mol. The third kappa shape index (κ3) is 3.66. The first-order valence-electron chi connectivity index (χ1n) is 6.96. The number of nitro groups is 1. The van der Waals surface area contributed by atoms with Crippen LogP contribution < -0.4 is 10.1 Å².